The molecule has 3 heterocycles. The number of piperazine rings is 1. The molecule has 0 spiro atoms. The van der Waals surface area contributed by atoms with Gasteiger partial charge in [-0.15, -0.1) is 5.10 Å². The minimum absolute atomic E-state index is 0.362. The lowest BCUT2D eigenvalue weighted by atomic mass is 10.0. The second-order valence-corrected chi connectivity index (χ2v) is 9.03. The van der Waals surface area contributed by atoms with Crippen molar-refractivity contribution in [1.29, 1.82) is 0 Å². The third kappa shape index (κ3) is 4.99. The first-order valence-electron chi connectivity index (χ1n) is 12.1. The molecule has 2 aromatic heterocycles. The predicted molar refractivity (Wildman–Crippen MR) is 144 cm³/mol. The summed E-state index contributed by atoms with van der Waals surface area (Å²) in [5.41, 5.74) is 2.98. The van der Waals surface area contributed by atoms with Gasteiger partial charge in [0.2, 0.25) is 0 Å². The highest BCUT2D eigenvalue weighted by Crippen LogP contribution is 2.28. The second kappa shape index (κ2) is 10.5. The van der Waals surface area contributed by atoms with Crippen LogP contribution in [0.2, 0.25) is 0 Å². The van der Waals surface area contributed by atoms with E-state index in [1.165, 1.54) is 5.56 Å². The first-order valence-corrected chi connectivity index (χ1v) is 12.1. The van der Waals surface area contributed by atoms with E-state index in [1.54, 1.807) is 25.2 Å². The maximum absolute atomic E-state index is 11.1. The molecule has 5 rings (SSSR count). The Morgan fingerprint density at radius 3 is 2.25 bits per heavy atom. The summed E-state index contributed by atoms with van der Waals surface area (Å²) < 4.78 is 0. The summed E-state index contributed by atoms with van der Waals surface area (Å²) in [5, 5.41) is 14.7. The molecular formula is C28H29N7O. The number of pyridine rings is 1. The van der Waals surface area contributed by atoms with Gasteiger partial charge < -0.3 is 20.0 Å². The van der Waals surface area contributed by atoms with Crippen LogP contribution in [0.5, 0.6) is 0 Å². The Morgan fingerprint density at radius 1 is 0.889 bits per heavy atom. The Balaban J connectivity index is 1.29. The summed E-state index contributed by atoms with van der Waals surface area (Å²) in [6, 6.07) is 22.7. The SMILES string of the molecule is CN(C)C(=C=O)Nc1ccc(N2CCN(c3nnc(Cc4ccccc4)c4ccccc34)CC2)nc1. The number of hydrogen-bond donors (Lipinski definition) is 1. The topological polar surface area (TPSA) is 77.5 Å². The third-order valence-electron chi connectivity index (χ3n) is 6.42. The van der Waals surface area contributed by atoms with E-state index in [0.29, 0.717) is 5.82 Å². The predicted octanol–water partition coefficient (Wildman–Crippen LogP) is 3.59. The van der Waals surface area contributed by atoms with Crippen LogP contribution in [0.4, 0.5) is 17.3 Å². The molecule has 8 heteroatoms. The maximum Gasteiger partial charge on any atom is 0.193 e. The van der Waals surface area contributed by atoms with Crippen molar-refractivity contribution in [1.82, 2.24) is 20.1 Å². The normalized spacial score (nSPS) is 13.4. The van der Waals surface area contributed by atoms with Crippen molar-refractivity contribution in [2.75, 3.05) is 55.4 Å². The van der Waals surface area contributed by atoms with Crippen LogP contribution < -0.4 is 15.1 Å². The van der Waals surface area contributed by atoms with Crippen molar-refractivity contribution in [3.05, 3.63) is 90.0 Å². The number of nitrogens with zero attached hydrogens (tertiary/aromatic N) is 6. The van der Waals surface area contributed by atoms with Crippen LogP contribution in [-0.2, 0) is 11.2 Å². The average Bonchev–Trinajstić information content (AvgIpc) is 2.93. The summed E-state index contributed by atoms with van der Waals surface area (Å²) >= 11 is 0. The summed E-state index contributed by atoms with van der Waals surface area (Å²) in [6.07, 6.45) is 2.50. The lowest BCUT2D eigenvalue weighted by Crippen LogP contribution is -2.47. The van der Waals surface area contributed by atoms with Gasteiger partial charge in [-0.25, -0.2) is 9.78 Å². The van der Waals surface area contributed by atoms with E-state index < -0.39 is 0 Å². The Morgan fingerprint density at radius 2 is 1.58 bits per heavy atom. The number of carbonyl (C=O) groups excluding carboxylic acids is 1. The average molecular weight is 480 g/mol. The fourth-order valence-corrected chi connectivity index (χ4v) is 4.46. The highest BCUT2D eigenvalue weighted by atomic mass is 16.1. The number of hydrogen-bond acceptors (Lipinski definition) is 8. The minimum atomic E-state index is 0.362. The highest BCUT2D eigenvalue weighted by molar-refractivity contribution is 5.93. The molecule has 0 aliphatic carbocycles. The molecule has 0 amide bonds. The van der Waals surface area contributed by atoms with E-state index in [1.807, 2.05) is 24.1 Å². The van der Waals surface area contributed by atoms with Crippen LogP contribution in [0.25, 0.3) is 10.8 Å². The van der Waals surface area contributed by atoms with E-state index >= 15 is 0 Å². The van der Waals surface area contributed by atoms with Crippen LogP contribution >= 0.6 is 0 Å². The molecule has 36 heavy (non-hydrogen) atoms. The van der Waals surface area contributed by atoms with Gasteiger partial charge in [-0.2, -0.15) is 5.10 Å². The minimum Gasteiger partial charge on any atom is -0.355 e. The van der Waals surface area contributed by atoms with Crippen LogP contribution in [0, 0.1) is 0 Å². The molecule has 0 radical (unpaired) electrons. The van der Waals surface area contributed by atoms with Crippen molar-refractivity contribution in [3.8, 4) is 0 Å². The van der Waals surface area contributed by atoms with Crippen LogP contribution in [0.15, 0.2) is 78.7 Å². The monoisotopic (exact) mass is 479 g/mol. The molecule has 2 aromatic carbocycles. The Hall–Kier alpha value is -4.42. The molecular weight excluding hydrogens is 450 g/mol. The molecule has 0 unspecified atom stereocenters. The number of rotatable bonds is 7. The summed E-state index contributed by atoms with van der Waals surface area (Å²) in [5.74, 6) is 4.11. The zero-order chi connectivity index (χ0) is 24.9. The van der Waals surface area contributed by atoms with E-state index in [2.05, 4.69) is 78.8 Å². The van der Waals surface area contributed by atoms with Crippen LogP contribution in [-0.4, -0.2) is 66.3 Å². The number of aromatic nitrogens is 3. The zero-order valence-corrected chi connectivity index (χ0v) is 20.6. The van der Waals surface area contributed by atoms with Gasteiger partial charge in [-0.3, -0.25) is 0 Å². The van der Waals surface area contributed by atoms with Crippen LogP contribution in [0.1, 0.15) is 11.3 Å². The van der Waals surface area contributed by atoms with E-state index in [9.17, 15) is 4.79 Å². The molecule has 1 N–H and O–H groups in total. The maximum atomic E-state index is 11.1. The van der Waals surface area contributed by atoms with Gasteiger partial charge in [-0.1, -0.05) is 54.6 Å². The van der Waals surface area contributed by atoms with Crippen molar-refractivity contribution in [2.45, 2.75) is 6.42 Å². The van der Waals surface area contributed by atoms with Crippen molar-refractivity contribution >= 4 is 34.0 Å². The zero-order valence-electron chi connectivity index (χ0n) is 20.6. The molecule has 0 saturated carbocycles. The lowest BCUT2D eigenvalue weighted by Gasteiger charge is -2.36. The largest absolute Gasteiger partial charge is 0.355 e. The number of nitrogens with one attached hydrogen (secondary N) is 1. The molecule has 0 atom stereocenters. The number of benzene rings is 2. The summed E-state index contributed by atoms with van der Waals surface area (Å²) in [6.45, 7) is 3.32. The molecule has 182 valence electrons. The molecule has 1 aliphatic rings. The number of anilines is 3. The molecule has 1 fully saturated rings. The lowest BCUT2D eigenvalue weighted by molar-refractivity contribution is 0.507. The van der Waals surface area contributed by atoms with Gasteiger partial charge in [0.1, 0.15) is 5.82 Å². The molecule has 1 saturated heterocycles. The first kappa shape index (κ1) is 23.3. The standard InChI is InChI=1S/C28H29N7O/c1-33(2)27(20-36)30-22-12-13-26(29-19-22)34-14-16-35(17-15-34)28-24-11-7-6-10-23(24)25(31-32-28)18-21-8-4-3-5-9-21/h3-13,19,30H,14-18H2,1-2H3. The van der Waals surface area contributed by atoms with Crippen molar-refractivity contribution in [2.24, 2.45) is 0 Å². The van der Waals surface area contributed by atoms with Gasteiger partial charge in [0, 0.05) is 57.5 Å². The summed E-state index contributed by atoms with van der Waals surface area (Å²) in [7, 11) is 3.58. The van der Waals surface area contributed by atoms with Gasteiger partial charge in [0.25, 0.3) is 0 Å². The smallest absolute Gasteiger partial charge is 0.193 e. The Labute approximate surface area is 210 Å². The molecule has 8 nitrogen and oxygen atoms in total. The van der Waals surface area contributed by atoms with E-state index in [-0.39, 0.29) is 0 Å². The van der Waals surface area contributed by atoms with Crippen molar-refractivity contribution in [3.63, 3.8) is 0 Å². The van der Waals surface area contributed by atoms with Gasteiger partial charge in [0.15, 0.2) is 17.6 Å². The van der Waals surface area contributed by atoms with Gasteiger partial charge >= 0.3 is 0 Å². The third-order valence-corrected chi connectivity index (χ3v) is 6.42. The second-order valence-electron chi connectivity index (χ2n) is 9.03. The Kier molecular flexibility index (Phi) is 6.78. The molecule has 1 aliphatic heterocycles. The first-order chi connectivity index (χ1) is 17.6. The van der Waals surface area contributed by atoms with Gasteiger partial charge in [0.05, 0.1) is 17.6 Å². The highest BCUT2D eigenvalue weighted by Gasteiger charge is 2.22. The molecule has 0 bridgehead atoms. The number of fused-ring (bicyclic) bond motifs is 1. The van der Waals surface area contributed by atoms with Crippen molar-refractivity contribution < 1.29 is 4.79 Å². The van der Waals surface area contributed by atoms with Gasteiger partial charge in [-0.05, 0) is 17.7 Å². The quantitative estimate of drug-likeness (QED) is 0.403. The van der Waals surface area contributed by atoms with E-state index in [4.69, 9.17) is 0 Å². The Bertz CT molecular complexity index is 1370. The fraction of sp³-hybridized carbons (Fsp3) is 0.250. The van der Waals surface area contributed by atoms with E-state index in [0.717, 1.165) is 66.4 Å². The van der Waals surface area contributed by atoms with Crippen LogP contribution in [0.3, 0.4) is 0 Å². The fourth-order valence-electron chi connectivity index (χ4n) is 4.46. The summed E-state index contributed by atoms with van der Waals surface area (Å²) in [4.78, 5) is 21.9. The molecule has 4 aromatic rings.